The molecule has 1 heterocycles. The van der Waals surface area contributed by atoms with Crippen LogP contribution in [-0.4, -0.2) is 41.2 Å². The molecule has 1 atom stereocenters. The van der Waals surface area contributed by atoms with Crippen molar-refractivity contribution in [3.63, 3.8) is 0 Å². The van der Waals surface area contributed by atoms with E-state index in [2.05, 4.69) is 10.6 Å². The molecule has 3 N–H and O–H groups in total. The van der Waals surface area contributed by atoms with E-state index in [0.717, 1.165) is 23.5 Å². The van der Waals surface area contributed by atoms with Crippen molar-refractivity contribution in [3.05, 3.63) is 35.4 Å². The molecule has 20 heavy (non-hydrogen) atoms. The van der Waals surface area contributed by atoms with Gasteiger partial charge in [0.1, 0.15) is 0 Å². The molecule has 0 aromatic heterocycles. The smallest absolute Gasteiger partial charge is 0.335 e. The van der Waals surface area contributed by atoms with Gasteiger partial charge in [-0.25, -0.2) is 9.59 Å². The first kappa shape index (κ1) is 14.7. The number of hydrogen-bond donors (Lipinski definition) is 3. The lowest BCUT2D eigenvalue weighted by molar-refractivity contribution is 0.0696. The van der Waals surface area contributed by atoms with Crippen LogP contribution in [0.3, 0.4) is 0 Å². The van der Waals surface area contributed by atoms with Crippen LogP contribution in [0.4, 0.5) is 4.79 Å². The fourth-order valence-corrected chi connectivity index (χ4v) is 3.22. The lowest BCUT2D eigenvalue weighted by Crippen LogP contribution is -2.42. The van der Waals surface area contributed by atoms with E-state index in [-0.39, 0.29) is 17.6 Å². The largest absolute Gasteiger partial charge is 0.478 e. The highest BCUT2D eigenvalue weighted by Crippen LogP contribution is 2.16. The Morgan fingerprint density at radius 3 is 2.95 bits per heavy atom. The lowest BCUT2D eigenvalue weighted by atomic mass is 10.1. The standard InChI is InChI=1S/C14H18N2O3S/c17-13(18)11-3-1-2-10(8-11)4-6-15-14(19)16-12-5-7-20-9-12/h1-3,8,12H,4-7,9H2,(H,17,18)(H2,15,16,19). The zero-order valence-corrected chi connectivity index (χ0v) is 11.9. The second kappa shape index (κ2) is 7.19. The van der Waals surface area contributed by atoms with Crippen molar-refractivity contribution in [2.75, 3.05) is 18.1 Å². The Morgan fingerprint density at radius 1 is 1.40 bits per heavy atom. The van der Waals surface area contributed by atoms with Crippen LogP contribution in [-0.2, 0) is 6.42 Å². The maximum atomic E-state index is 11.6. The molecular weight excluding hydrogens is 276 g/mol. The molecule has 0 radical (unpaired) electrons. The Morgan fingerprint density at radius 2 is 2.25 bits per heavy atom. The summed E-state index contributed by atoms with van der Waals surface area (Å²) in [6.45, 7) is 0.495. The first-order valence-corrected chi connectivity index (χ1v) is 7.75. The molecule has 2 amide bonds. The Labute approximate surface area is 122 Å². The van der Waals surface area contributed by atoms with Crippen LogP contribution >= 0.6 is 11.8 Å². The number of rotatable bonds is 5. The number of hydrogen-bond acceptors (Lipinski definition) is 3. The van der Waals surface area contributed by atoms with Crippen LogP contribution in [0.15, 0.2) is 24.3 Å². The van der Waals surface area contributed by atoms with Crippen molar-refractivity contribution >= 4 is 23.8 Å². The summed E-state index contributed by atoms with van der Waals surface area (Å²) < 4.78 is 0. The third kappa shape index (κ3) is 4.45. The van der Waals surface area contributed by atoms with E-state index < -0.39 is 5.97 Å². The van der Waals surface area contributed by atoms with E-state index in [1.54, 1.807) is 18.2 Å². The van der Waals surface area contributed by atoms with Crippen LogP contribution in [0, 0.1) is 0 Å². The number of thioether (sulfide) groups is 1. The zero-order valence-electron chi connectivity index (χ0n) is 11.1. The number of benzene rings is 1. The number of amides is 2. The van der Waals surface area contributed by atoms with Crippen LogP contribution < -0.4 is 10.6 Å². The van der Waals surface area contributed by atoms with Crippen molar-refractivity contribution in [2.45, 2.75) is 18.9 Å². The molecule has 1 unspecified atom stereocenters. The summed E-state index contributed by atoms with van der Waals surface area (Å²) in [5, 5.41) is 14.6. The molecule has 1 fully saturated rings. The third-order valence-electron chi connectivity index (χ3n) is 3.14. The maximum Gasteiger partial charge on any atom is 0.335 e. The highest BCUT2D eigenvalue weighted by Gasteiger charge is 2.16. The summed E-state index contributed by atoms with van der Waals surface area (Å²) in [5.74, 6) is 1.15. The minimum atomic E-state index is -0.934. The molecule has 0 aliphatic carbocycles. The Bertz CT molecular complexity index is 487. The topological polar surface area (TPSA) is 78.4 Å². The number of nitrogens with one attached hydrogen (secondary N) is 2. The zero-order chi connectivity index (χ0) is 14.4. The molecule has 0 saturated carbocycles. The van der Waals surface area contributed by atoms with Gasteiger partial charge in [-0.2, -0.15) is 11.8 Å². The summed E-state index contributed by atoms with van der Waals surface area (Å²) >= 11 is 1.85. The van der Waals surface area contributed by atoms with Gasteiger partial charge in [-0.3, -0.25) is 0 Å². The van der Waals surface area contributed by atoms with E-state index in [9.17, 15) is 9.59 Å². The first-order valence-electron chi connectivity index (χ1n) is 6.59. The van der Waals surface area contributed by atoms with Gasteiger partial charge in [0.15, 0.2) is 0 Å². The van der Waals surface area contributed by atoms with Gasteiger partial charge in [-0.05, 0) is 36.3 Å². The lowest BCUT2D eigenvalue weighted by Gasteiger charge is -2.12. The highest BCUT2D eigenvalue weighted by atomic mass is 32.2. The summed E-state index contributed by atoms with van der Waals surface area (Å²) in [6.07, 6.45) is 1.65. The third-order valence-corrected chi connectivity index (χ3v) is 4.30. The average Bonchev–Trinajstić information content (AvgIpc) is 2.92. The minimum absolute atomic E-state index is 0.146. The van der Waals surface area contributed by atoms with E-state index in [0.29, 0.717) is 13.0 Å². The van der Waals surface area contributed by atoms with Gasteiger partial charge >= 0.3 is 12.0 Å². The van der Waals surface area contributed by atoms with E-state index in [1.165, 1.54) is 0 Å². The summed E-state index contributed by atoms with van der Waals surface area (Å²) in [4.78, 5) is 22.5. The van der Waals surface area contributed by atoms with Gasteiger partial charge in [0.2, 0.25) is 0 Å². The second-order valence-electron chi connectivity index (χ2n) is 4.72. The Hall–Kier alpha value is -1.69. The SMILES string of the molecule is O=C(NCCc1cccc(C(=O)O)c1)NC1CCSC1. The fourth-order valence-electron chi connectivity index (χ4n) is 2.07. The number of urea groups is 1. The number of aromatic carboxylic acids is 1. The minimum Gasteiger partial charge on any atom is -0.478 e. The van der Waals surface area contributed by atoms with E-state index in [1.807, 2.05) is 17.8 Å². The van der Waals surface area contributed by atoms with Crippen molar-refractivity contribution in [1.82, 2.24) is 10.6 Å². The maximum absolute atomic E-state index is 11.6. The van der Waals surface area contributed by atoms with Crippen molar-refractivity contribution in [2.24, 2.45) is 0 Å². The number of carboxylic acids is 1. The molecule has 1 aromatic rings. The molecular formula is C14H18N2O3S. The first-order chi connectivity index (χ1) is 9.65. The molecule has 0 spiro atoms. The molecule has 1 saturated heterocycles. The Kier molecular flexibility index (Phi) is 5.29. The van der Waals surface area contributed by atoms with Gasteiger partial charge in [0.25, 0.3) is 0 Å². The molecule has 1 aliphatic rings. The van der Waals surface area contributed by atoms with Crippen molar-refractivity contribution in [3.8, 4) is 0 Å². The molecule has 0 bridgehead atoms. The van der Waals surface area contributed by atoms with Crippen LogP contribution in [0.25, 0.3) is 0 Å². The molecule has 1 aliphatic heterocycles. The predicted octanol–water partition coefficient (Wildman–Crippen LogP) is 1.73. The van der Waals surface area contributed by atoms with Gasteiger partial charge in [0.05, 0.1) is 5.56 Å². The predicted molar refractivity (Wildman–Crippen MR) is 79.4 cm³/mol. The molecule has 1 aromatic carbocycles. The van der Waals surface area contributed by atoms with Crippen LogP contribution in [0.2, 0.25) is 0 Å². The van der Waals surface area contributed by atoms with Gasteiger partial charge in [-0.15, -0.1) is 0 Å². The number of carbonyl (C=O) groups excluding carboxylic acids is 1. The van der Waals surface area contributed by atoms with E-state index in [4.69, 9.17) is 5.11 Å². The van der Waals surface area contributed by atoms with Crippen LogP contribution in [0.5, 0.6) is 0 Å². The summed E-state index contributed by atoms with van der Waals surface area (Å²) in [6, 6.07) is 6.90. The monoisotopic (exact) mass is 294 g/mol. The van der Waals surface area contributed by atoms with Gasteiger partial charge < -0.3 is 15.7 Å². The average molecular weight is 294 g/mol. The summed E-state index contributed by atoms with van der Waals surface area (Å²) in [7, 11) is 0. The molecule has 5 nitrogen and oxygen atoms in total. The molecule has 2 rings (SSSR count). The van der Waals surface area contributed by atoms with Gasteiger partial charge in [0, 0.05) is 18.3 Å². The normalized spacial score (nSPS) is 17.7. The number of carbonyl (C=O) groups is 2. The number of carboxylic acid groups (broad SMARTS) is 1. The van der Waals surface area contributed by atoms with Crippen LogP contribution in [0.1, 0.15) is 22.3 Å². The van der Waals surface area contributed by atoms with Crippen molar-refractivity contribution in [1.29, 1.82) is 0 Å². The summed E-state index contributed by atoms with van der Waals surface area (Å²) in [5.41, 5.74) is 1.18. The fraction of sp³-hybridized carbons (Fsp3) is 0.429. The highest BCUT2D eigenvalue weighted by molar-refractivity contribution is 7.99. The molecule has 108 valence electrons. The molecule has 6 heteroatoms. The Balaban J connectivity index is 1.73. The van der Waals surface area contributed by atoms with Gasteiger partial charge in [-0.1, -0.05) is 12.1 Å². The van der Waals surface area contributed by atoms with E-state index >= 15 is 0 Å². The second-order valence-corrected chi connectivity index (χ2v) is 5.87. The quantitative estimate of drug-likeness (QED) is 0.773. The van der Waals surface area contributed by atoms with Crippen molar-refractivity contribution < 1.29 is 14.7 Å².